The molecule has 3 rings (SSSR count). The summed E-state index contributed by atoms with van der Waals surface area (Å²) >= 11 is 6.09. The maximum Gasteiger partial charge on any atom is 0.256 e. The van der Waals surface area contributed by atoms with E-state index in [0.717, 1.165) is 25.9 Å². The smallest absolute Gasteiger partial charge is 0.256 e. The second kappa shape index (κ2) is 8.97. The van der Waals surface area contributed by atoms with Crippen LogP contribution in [0.4, 0.5) is 5.69 Å². The third kappa shape index (κ3) is 4.57. The van der Waals surface area contributed by atoms with Gasteiger partial charge in [-0.05, 0) is 49.2 Å². The molecule has 0 unspecified atom stereocenters. The molecule has 6 nitrogen and oxygen atoms in total. The molecule has 2 aromatic carbocycles. The molecule has 0 spiro atoms. The van der Waals surface area contributed by atoms with Crippen LogP contribution < -0.4 is 14.8 Å². The highest BCUT2D eigenvalue weighted by Crippen LogP contribution is 2.27. The van der Waals surface area contributed by atoms with Crippen molar-refractivity contribution in [2.75, 3.05) is 32.6 Å². The van der Waals surface area contributed by atoms with E-state index >= 15 is 0 Å². The summed E-state index contributed by atoms with van der Waals surface area (Å²) in [7, 11) is 3.12. The zero-order chi connectivity index (χ0) is 20.1. The normalized spacial score (nSPS) is 13.3. The third-order valence-corrected chi connectivity index (χ3v) is 4.95. The van der Waals surface area contributed by atoms with Crippen molar-refractivity contribution in [2.45, 2.75) is 19.3 Å². The van der Waals surface area contributed by atoms with Gasteiger partial charge >= 0.3 is 0 Å². The number of nitrogens with one attached hydrogen (secondary N) is 1. The Kier molecular flexibility index (Phi) is 6.41. The lowest BCUT2D eigenvalue weighted by molar-refractivity contribution is -0.115. The van der Waals surface area contributed by atoms with E-state index in [1.165, 1.54) is 0 Å². The molecular formula is C21H23ClN2O4. The Balaban J connectivity index is 1.80. The maximum atomic E-state index is 12.8. The van der Waals surface area contributed by atoms with Crippen molar-refractivity contribution in [3.8, 4) is 11.5 Å². The van der Waals surface area contributed by atoms with Crippen LogP contribution in [0.1, 0.15) is 28.8 Å². The molecule has 1 N–H and O–H groups in total. The molecule has 0 radical (unpaired) electrons. The molecule has 1 fully saturated rings. The molecule has 148 valence electrons. The minimum absolute atomic E-state index is 0.0837. The van der Waals surface area contributed by atoms with Crippen LogP contribution in [0.15, 0.2) is 36.4 Å². The number of benzene rings is 2. The zero-order valence-corrected chi connectivity index (χ0v) is 16.7. The Bertz CT molecular complexity index is 879. The Morgan fingerprint density at radius 1 is 1.07 bits per heavy atom. The number of nitrogens with zero attached hydrogens (tertiary/aromatic N) is 1. The molecule has 2 aromatic rings. The van der Waals surface area contributed by atoms with Gasteiger partial charge in [-0.2, -0.15) is 0 Å². The first-order valence-corrected chi connectivity index (χ1v) is 9.49. The Morgan fingerprint density at radius 3 is 2.50 bits per heavy atom. The largest absolute Gasteiger partial charge is 0.497 e. The van der Waals surface area contributed by atoms with Crippen LogP contribution in [0, 0.1) is 0 Å². The van der Waals surface area contributed by atoms with E-state index in [9.17, 15) is 9.59 Å². The summed E-state index contributed by atoms with van der Waals surface area (Å²) in [6, 6.07) is 10.2. The van der Waals surface area contributed by atoms with Crippen molar-refractivity contribution in [2.24, 2.45) is 0 Å². The van der Waals surface area contributed by atoms with Crippen LogP contribution in [0.5, 0.6) is 11.5 Å². The van der Waals surface area contributed by atoms with Gasteiger partial charge < -0.3 is 19.7 Å². The first-order valence-electron chi connectivity index (χ1n) is 9.11. The molecule has 0 bridgehead atoms. The first-order chi connectivity index (χ1) is 13.5. The molecule has 7 heteroatoms. The van der Waals surface area contributed by atoms with E-state index < -0.39 is 0 Å². The van der Waals surface area contributed by atoms with E-state index in [-0.39, 0.29) is 18.2 Å². The van der Waals surface area contributed by atoms with Gasteiger partial charge in [-0.25, -0.2) is 0 Å². The van der Waals surface area contributed by atoms with Gasteiger partial charge in [-0.1, -0.05) is 11.6 Å². The van der Waals surface area contributed by atoms with Crippen LogP contribution in [0.25, 0.3) is 0 Å². The second-order valence-corrected chi connectivity index (χ2v) is 7.03. The number of carbonyl (C=O) groups excluding carboxylic acids is 2. The average Bonchev–Trinajstić information content (AvgIpc) is 3.23. The Labute approximate surface area is 169 Å². The first kappa shape index (κ1) is 20.0. The van der Waals surface area contributed by atoms with E-state index in [4.69, 9.17) is 21.1 Å². The summed E-state index contributed by atoms with van der Waals surface area (Å²) in [6.45, 7) is 1.44. The number of rotatable bonds is 6. The number of hydrogen-bond acceptors (Lipinski definition) is 4. The number of likely N-dealkylation sites (tertiary alicyclic amines) is 1. The average molecular weight is 403 g/mol. The molecule has 1 aliphatic heterocycles. The minimum Gasteiger partial charge on any atom is -0.497 e. The van der Waals surface area contributed by atoms with E-state index in [1.54, 1.807) is 55.5 Å². The van der Waals surface area contributed by atoms with Gasteiger partial charge in [0.15, 0.2) is 0 Å². The van der Waals surface area contributed by atoms with Crippen LogP contribution >= 0.6 is 11.6 Å². The highest BCUT2D eigenvalue weighted by molar-refractivity contribution is 6.31. The van der Waals surface area contributed by atoms with E-state index in [0.29, 0.717) is 33.3 Å². The monoisotopic (exact) mass is 402 g/mol. The lowest BCUT2D eigenvalue weighted by Gasteiger charge is -2.18. The van der Waals surface area contributed by atoms with Crippen molar-refractivity contribution in [3.05, 3.63) is 52.5 Å². The van der Waals surface area contributed by atoms with Crippen LogP contribution in [-0.4, -0.2) is 44.0 Å². The number of halogens is 1. The number of anilines is 1. The number of ether oxygens (including phenoxy) is 2. The SMILES string of the molecule is COc1ccc(OC)c(CC(=O)Nc2ccc(Cl)cc2C(=O)N2CCCC2)c1. The van der Waals surface area contributed by atoms with Crippen LogP contribution in [0.3, 0.4) is 0 Å². The zero-order valence-electron chi connectivity index (χ0n) is 16.0. The molecular weight excluding hydrogens is 380 g/mol. The van der Waals surface area contributed by atoms with Gasteiger partial charge in [0, 0.05) is 23.7 Å². The lowest BCUT2D eigenvalue weighted by atomic mass is 10.1. The van der Waals surface area contributed by atoms with Crippen molar-refractivity contribution >= 4 is 29.1 Å². The predicted octanol–water partition coefficient (Wildman–Crippen LogP) is 3.77. The Morgan fingerprint density at radius 2 is 1.82 bits per heavy atom. The molecule has 0 aliphatic carbocycles. The molecule has 28 heavy (non-hydrogen) atoms. The summed E-state index contributed by atoms with van der Waals surface area (Å²) < 4.78 is 10.6. The van der Waals surface area contributed by atoms with E-state index in [2.05, 4.69) is 5.32 Å². The maximum absolute atomic E-state index is 12.8. The van der Waals surface area contributed by atoms with Gasteiger partial charge in [0.2, 0.25) is 5.91 Å². The summed E-state index contributed by atoms with van der Waals surface area (Å²) in [4.78, 5) is 27.3. The fraction of sp³-hybridized carbons (Fsp3) is 0.333. The Hall–Kier alpha value is -2.73. The number of hydrogen-bond donors (Lipinski definition) is 1. The number of methoxy groups -OCH3 is 2. The quantitative estimate of drug-likeness (QED) is 0.798. The molecule has 0 saturated carbocycles. The predicted molar refractivity (Wildman–Crippen MR) is 108 cm³/mol. The topological polar surface area (TPSA) is 67.9 Å². The molecule has 2 amide bonds. The molecule has 1 aliphatic rings. The summed E-state index contributed by atoms with van der Waals surface area (Å²) in [5, 5.41) is 3.29. The molecule has 0 aromatic heterocycles. The summed E-state index contributed by atoms with van der Waals surface area (Å²) in [5.74, 6) is 0.860. The van der Waals surface area contributed by atoms with Crippen LogP contribution in [0.2, 0.25) is 5.02 Å². The molecule has 1 saturated heterocycles. The van der Waals surface area contributed by atoms with E-state index in [1.807, 2.05) is 0 Å². The molecule has 0 atom stereocenters. The van der Waals surface area contributed by atoms with Crippen molar-refractivity contribution < 1.29 is 19.1 Å². The fourth-order valence-electron chi connectivity index (χ4n) is 3.28. The third-order valence-electron chi connectivity index (χ3n) is 4.72. The van der Waals surface area contributed by atoms with Crippen molar-refractivity contribution in [3.63, 3.8) is 0 Å². The minimum atomic E-state index is -0.260. The van der Waals surface area contributed by atoms with Gasteiger partial charge in [-0.3, -0.25) is 9.59 Å². The van der Waals surface area contributed by atoms with Gasteiger partial charge in [0.1, 0.15) is 11.5 Å². The van der Waals surface area contributed by atoms with Crippen molar-refractivity contribution in [1.82, 2.24) is 4.90 Å². The van der Waals surface area contributed by atoms with Gasteiger partial charge in [0.05, 0.1) is 31.9 Å². The second-order valence-electron chi connectivity index (χ2n) is 6.59. The van der Waals surface area contributed by atoms with Gasteiger partial charge in [-0.15, -0.1) is 0 Å². The van der Waals surface area contributed by atoms with Crippen molar-refractivity contribution in [1.29, 1.82) is 0 Å². The fourth-order valence-corrected chi connectivity index (χ4v) is 3.45. The number of amides is 2. The standard InChI is InChI=1S/C21H23ClN2O4/c1-27-16-6-8-19(28-2)14(11-16)12-20(25)23-18-7-5-15(22)13-17(18)21(26)24-9-3-4-10-24/h5-8,11,13H,3-4,9-10,12H2,1-2H3,(H,23,25). The van der Waals surface area contributed by atoms with Gasteiger partial charge in [0.25, 0.3) is 5.91 Å². The van der Waals surface area contributed by atoms with Crippen LogP contribution in [-0.2, 0) is 11.2 Å². The highest BCUT2D eigenvalue weighted by atomic mass is 35.5. The highest BCUT2D eigenvalue weighted by Gasteiger charge is 2.23. The summed E-state index contributed by atoms with van der Waals surface area (Å²) in [5.41, 5.74) is 1.55. The molecule has 1 heterocycles. The lowest BCUT2D eigenvalue weighted by Crippen LogP contribution is -2.29. The summed E-state index contributed by atoms with van der Waals surface area (Å²) in [6.07, 6.45) is 2.06. The number of carbonyl (C=O) groups is 2.